The van der Waals surface area contributed by atoms with Gasteiger partial charge < -0.3 is 10.1 Å². The quantitative estimate of drug-likeness (QED) is 0.320. The molecule has 0 spiro atoms. The number of carbonyl (C=O) groups excluding carboxylic acids is 3. The Morgan fingerprint density at radius 3 is 2.31 bits per heavy atom. The molecule has 2 unspecified atom stereocenters. The Kier molecular flexibility index (Phi) is 10.8. The van der Waals surface area contributed by atoms with Gasteiger partial charge in [0.2, 0.25) is 11.8 Å². The van der Waals surface area contributed by atoms with Gasteiger partial charge in [0.15, 0.2) is 0 Å². The van der Waals surface area contributed by atoms with Gasteiger partial charge >= 0.3 is 16.3 Å². The summed E-state index contributed by atoms with van der Waals surface area (Å²) in [5.41, 5.74) is -0.841. The minimum absolute atomic E-state index is 0.0166. The summed E-state index contributed by atoms with van der Waals surface area (Å²) < 4.78 is 49.2. The van der Waals surface area contributed by atoms with Crippen LogP contribution in [0.2, 0.25) is 5.02 Å². The molecule has 4 rings (SSSR count). The zero-order chi connectivity index (χ0) is 33.1. The third-order valence-corrected chi connectivity index (χ3v) is 10.0. The second kappa shape index (κ2) is 14.0. The van der Waals surface area contributed by atoms with Crippen LogP contribution in [0.15, 0.2) is 48.5 Å². The van der Waals surface area contributed by atoms with Crippen LogP contribution in [0.3, 0.4) is 0 Å². The van der Waals surface area contributed by atoms with Crippen LogP contribution in [0.5, 0.6) is 0 Å². The molecular weight excluding hydrogens is 623 g/mol. The molecule has 1 saturated heterocycles. The van der Waals surface area contributed by atoms with Crippen molar-refractivity contribution in [3.63, 3.8) is 0 Å². The molecule has 2 fully saturated rings. The molecule has 1 aliphatic carbocycles. The van der Waals surface area contributed by atoms with E-state index in [0.717, 1.165) is 47.4 Å². The van der Waals surface area contributed by atoms with E-state index in [0.29, 0.717) is 4.31 Å². The number of rotatable bonds is 10. The van der Waals surface area contributed by atoms with Crippen molar-refractivity contribution in [1.82, 2.24) is 13.9 Å². The Labute approximate surface area is 270 Å². The lowest BCUT2D eigenvalue weighted by molar-refractivity contribution is -0.127. The number of anilines is 1. The van der Waals surface area contributed by atoms with Crippen molar-refractivity contribution in [2.45, 2.75) is 90.4 Å². The summed E-state index contributed by atoms with van der Waals surface area (Å²) in [7, 11) is -4.51. The van der Waals surface area contributed by atoms with E-state index >= 15 is 0 Å². The van der Waals surface area contributed by atoms with Crippen molar-refractivity contribution < 1.29 is 31.9 Å². The third-order valence-electron chi connectivity index (χ3n) is 7.84. The lowest BCUT2D eigenvalue weighted by atomic mass is 9.94. The maximum atomic E-state index is 14.7. The molecule has 10 nitrogen and oxygen atoms in total. The van der Waals surface area contributed by atoms with Crippen LogP contribution in [-0.2, 0) is 24.5 Å². The number of nitrogens with one attached hydrogen (secondary N) is 1. The van der Waals surface area contributed by atoms with Crippen LogP contribution in [0, 0.1) is 11.7 Å². The van der Waals surface area contributed by atoms with E-state index < -0.39 is 52.1 Å². The Hall–Kier alpha value is -3.22. The minimum atomic E-state index is -4.51. The summed E-state index contributed by atoms with van der Waals surface area (Å²) in [5, 5.41) is 3.21. The molecule has 1 heterocycles. The summed E-state index contributed by atoms with van der Waals surface area (Å²) >= 11 is 6.59. The van der Waals surface area contributed by atoms with Crippen molar-refractivity contribution in [2.24, 2.45) is 5.92 Å². The van der Waals surface area contributed by atoms with Gasteiger partial charge in [-0.15, -0.1) is 0 Å². The first kappa shape index (κ1) is 34.6. The van der Waals surface area contributed by atoms with Gasteiger partial charge in [0, 0.05) is 34.9 Å². The highest BCUT2D eigenvalue weighted by Crippen LogP contribution is 2.35. The van der Waals surface area contributed by atoms with Crippen LogP contribution in [0.1, 0.15) is 78.3 Å². The molecule has 45 heavy (non-hydrogen) atoms. The molecule has 1 aliphatic heterocycles. The number of nitrogens with zero attached hydrogens (tertiary/aromatic N) is 3. The molecule has 246 valence electrons. The van der Waals surface area contributed by atoms with E-state index in [1.54, 1.807) is 45.0 Å². The lowest BCUT2D eigenvalue weighted by Crippen LogP contribution is -2.53. The normalized spacial score (nSPS) is 19.5. The maximum Gasteiger partial charge on any atom is 0.425 e. The first-order valence-corrected chi connectivity index (χ1v) is 17.0. The zero-order valence-corrected chi connectivity index (χ0v) is 27.9. The van der Waals surface area contributed by atoms with E-state index in [2.05, 4.69) is 5.32 Å². The topological polar surface area (TPSA) is 116 Å². The van der Waals surface area contributed by atoms with E-state index in [1.807, 2.05) is 13.8 Å². The Balaban J connectivity index is 1.80. The zero-order valence-electron chi connectivity index (χ0n) is 26.3. The van der Waals surface area contributed by atoms with Gasteiger partial charge in [-0.3, -0.25) is 14.5 Å². The molecule has 2 aromatic carbocycles. The van der Waals surface area contributed by atoms with E-state index in [1.165, 1.54) is 18.2 Å². The van der Waals surface area contributed by atoms with Gasteiger partial charge in [-0.25, -0.2) is 9.18 Å². The molecule has 3 amide bonds. The first-order chi connectivity index (χ1) is 21.1. The highest BCUT2D eigenvalue weighted by atomic mass is 35.5. The van der Waals surface area contributed by atoms with Crippen LogP contribution in [0.4, 0.5) is 14.9 Å². The summed E-state index contributed by atoms with van der Waals surface area (Å²) in [4.78, 5) is 43.0. The van der Waals surface area contributed by atoms with Crippen molar-refractivity contribution in [3.8, 4) is 0 Å². The third kappa shape index (κ3) is 8.53. The molecule has 0 aromatic heterocycles. The summed E-state index contributed by atoms with van der Waals surface area (Å²) in [6, 6.07) is 9.62. The number of halogens is 2. The average Bonchev–Trinajstić information content (AvgIpc) is 3.77. The molecular formula is C32H42ClFN4O6S. The van der Waals surface area contributed by atoms with Crippen molar-refractivity contribution in [2.75, 3.05) is 18.0 Å². The molecule has 1 saturated carbocycles. The SMILES string of the molecule is CC(C)[C@@H]1CN1S(=O)(=O)N(CC(=O)N(c1cccc(F)c1)C(C(=O)NC1CCCCC1)c1ccccc1Cl)C(=O)OC(C)(C)C. The smallest absolute Gasteiger partial charge is 0.425 e. The van der Waals surface area contributed by atoms with Crippen LogP contribution in [-0.4, -0.2) is 65.7 Å². The Bertz CT molecular complexity index is 1510. The molecule has 2 aliphatic rings. The molecule has 13 heteroatoms. The number of carbonyl (C=O) groups is 3. The van der Waals surface area contributed by atoms with Gasteiger partial charge in [-0.2, -0.15) is 17.0 Å². The number of amides is 3. The average molecular weight is 665 g/mol. The molecule has 2 aromatic rings. The minimum Gasteiger partial charge on any atom is -0.443 e. The molecule has 1 N–H and O–H groups in total. The summed E-state index contributed by atoms with van der Waals surface area (Å²) in [5.74, 6) is -2.24. The Morgan fingerprint density at radius 1 is 1.07 bits per heavy atom. The fourth-order valence-electron chi connectivity index (χ4n) is 5.51. The van der Waals surface area contributed by atoms with E-state index in [4.69, 9.17) is 16.3 Å². The predicted molar refractivity (Wildman–Crippen MR) is 170 cm³/mol. The Morgan fingerprint density at radius 2 is 1.73 bits per heavy atom. The second-order valence-electron chi connectivity index (χ2n) is 12.9. The molecule has 3 atom stereocenters. The van der Waals surface area contributed by atoms with E-state index in [9.17, 15) is 27.2 Å². The van der Waals surface area contributed by atoms with Crippen LogP contribution < -0.4 is 10.2 Å². The van der Waals surface area contributed by atoms with Gasteiger partial charge in [0.05, 0.1) is 0 Å². The van der Waals surface area contributed by atoms with Crippen molar-refractivity contribution in [3.05, 3.63) is 64.9 Å². The largest absolute Gasteiger partial charge is 0.443 e. The van der Waals surface area contributed by atoms with Gasteiger partial charge in [0.25, 0.3) is 0 Å². The van der Waals surface area contributed by atoms with Gasteiger partial charge in [-0.1, -0.05) is 69.0 Å². The number of benzene rings is 2. The number of hydrogen-bond donors (Lipinski definition) is 1. The first-order valence-electron chi connectivity index (χ1n) is 15.2. The maximum absolute atomic E-state index is 14.7. The standard InChI is InChI=1S/C32H42ClFN4O6S/c1-21(2)27-19-36(27)45(42,43)37(31(41)44-32(3,4)5)20-28(39)38(24-15-11-12-22(34)18-24)29(25-16-9-10-17-26(25)33)30(40)35-23-13-7-6-8-14-23/h9-12,15-18,21,23,27,29H,6-8,13-14,19-20H2,1-5H3,(H,35,40)/t27-,29?,36?/m0/s1. The fraction of sp³-hybridized carbons (Fsp3) is 0.531. The monoisotopic (exact) mass is 664 g/mol. The van der Waals surface area contributed by atoms with Crippen molar-refractivity contribution >= 4 is 45.4 Å². The highest BCUT2D eigenvalue weighted by molar-refractivity contribution is 7.87. The van der Waals surface area contributed by atoms with Gasteiger partial charge in [-0.05, 0) is 63.8 Å². The van der Waals surface area contributed by atoms with Crippen LogP contribution >= 0.6 is 11.6 Å². The van der Waals surface area contributed by atoms with Gasteiger partial charge in [0.1, 0.15) is 24.0 Å². The summed E-state index contributed by atoms with van der Waals surface area (Å²) in [6.07, 6.45) is 3.19. The fourth-order valence-corrected chi connectivity index (χ4v) is 7.43. The number of ether oxygens (including phenoxy) is 1. The predicted octanol–water partition coefficient (Wildman–Crippen LogP) is 5.82. The molecule has 0 bridgehead atoms. The lowest BCUT2D eigenvalue weighted by Gasteiger charge is -2.35. The highest BCUT2D eigenvalue weighted by Gasteiger charge is 2.51. The molecule has 0 radical (unpaired) electrons. The second-order valence-corrected chi connectivity index (χ2v) is 15.1. The number of hydrogen-bond acceptors (Lipinski definition) is 6. The van der Waals surface area contributed by atoms with Crippen molar-refractivity contribution in [1.29, 1.82) is 0 Å². The summed E-state index contributed by atoms with van der Waals surface area (Å²) in [6.45, 7) is 7.61. The van der Waals surface area contributed by atoms with Crippen LogP contribution in [0.25, 0.3) is 0 Å². The van der Waals surface area contributed by atoms with E-state index in [-0.39, 0.29) is 40.8 Å².